The molecule has 0 aliphatic rings. The molecular formula is C68H44N2O. The molecule has 14 rings (SSSR count). The number of hydrogen-bond acceptors (Lipinski definition) is 2. The second-order valence-corrected chi connectivity index (χ2v) is 18.4. The molecule has 71 heavy (non-hydrogen) atoms. The Morgan fingerprint density at radius 3 is 1.63 bits per heavy atom. The summed E-state index contributed by atoms with van der Waals surface area (Å²) in [5, 5.41) is 9.76. The van der Waals surface area contributed by atoms with Gasteiger partial charge in [0.15, 0.2) is 0 Å². The zero-order valence-electron chi connectivity index (χ0n) is 38.7. The molecule has 0 bridgehead atoms. The van der Waals surface area contributed by atoms with E-state index in [2.05, 4.69) is 270 Å². The summed E-state index contributed by atoms with van der Waals surface area (Å²) in [6.45, 7) is 0. The highest BCUT2D eigenvalue weighted by Gasteiger charge is 2.20. The third kappa shape index (κ3) is 6.89. The van der Waals surface area contributed by atoms with Crippen molar-refractivity contribution in [1.82, 2.24) is 4.57 Å². The van der Waals surface area contributed by atoms with Crippen LogP contribution in [0.3, 0.4) is 0 Å². The minimum atomic E-state index is 0.886. The van der Waals surface area contributed by atoms with Gasteiger partial charge in [-0.1, -0.05) is 188 Å². The van der Waals surface area contributed by atoms with Crippen LogP contribution in [-0.2, 0) is 0 Å². The van der Waals surface area contributed by atoms with Crippen molar-refractivity contribution in [3.63, 3.8) is 0 Å². The van der Waals surface area contributed by atoms with Crippen LogP contribution >= 0.6 is 0 Å². The van der Waals surface area contributed by atoms with Crippen LogP contribution in [0.2, 0.25) is 0 Å². The second kappa shape index (κ2) is 16.7. The predicted molar refractivity (Wildman–Crippen MR) is 299 cm³/mol. The van der Waals surface area contributed by atoms with Gasteiger partial charge in [0.2, 0.25) is 0 Å². The fraction of sp³-hybridized carbons (Fsp3) is 0. The van der Waals surface area contributed by atoms with Crippen molar-refractivity contribution in [2.75, 3.05) is 4.90 Å². The van der Waals surface area contributed by atoms with E-state index in [-0.39, 0.29) is 0 Å². The van der Waals surface area contributed by atoms with Gasteiger partial charge in [0.05, 0.1) is 16.7 Å². The second-order valence-electron chi connectivity index (χ2n) is 18.4. The molecule has 0 saturated carbocycles. The minimum absolute atomic E-state index is 0.886. The number of anilines is 3. The number of benzene rings is 12. The molecule has 0 radical (unpaired) electrons. The molecule has 332 valence electrons. The van der Waals surface area contributed by atoms with E-state index in [9.17, 15) is 0 Å². The average molecular weight is 905 g/mol. The van der Waals surface area contributed by atoms with E-state index < -0.39 is 0 Å². The average Bonchev–Trinajstić information content (AvgIpc) is 4.00. The first-order valence-electron chi connectivity index (χ1n) is 24.3. The Bertz CT molecular complexity index is 4290. The van der Waals surface area contributed by atoms with Crippen LogP contribution in [0.25, 0.3) is 115 Å². The maximum atomic E-state index is 6.36. The maximum absolute atomic E-state index is 6.36. The summed E-state index contributed by atoms with van der Waals surface area (Å²) in [6, 6.07) is 96.8. The monoisotopic (exact) mass is 904 g/mol. The predicted octanol–water partition coefficient (Wildman–Crippen LogP) is 19.1. The first-order valence-corrected chi connectivity index (χ1v) is 24.3. The molecule has 3 heteroatoms. The lowest BCUT2D eigenvalue weighted by Gasteiger charge is -2.28. The van der Waals surface area contributed by atoms with Crippen LogP contribution in [-0.4, -0.2) is 4.57 Å². The van der Waals surface area contributed by atoms with Gasteiger partial charge in [0.25, 0.3) is 0 Å². The van der Waals surface area contributed by atoms with Crippen LogP contribution in [0.15, 0.2) is 271 Å². The minimum Gasteiger partial charge on any atom is -0.456 e. The first kappa shape index (κ1) is 40.6. The number of rotatable bonds is 8. The standard InChI is InChI=1S/C68H44N2O/c1-2-19-56-47(14-1)30-31-51-43-52(36-41-57(51)56)58-20-3-7-25-63(58)69(55-18-12-17-50(44-55)59-24-13-29-67-68(59)62-23-6-10-28-66(62)71-67)53-37-32-45(33-38-53)48-15-11-16-49(42-48)46-34-39-54(40-35-46)70-64-26-8-4-21-60(64)61-22-5-9-27-65(61)70/h1-44H. The molecular weight excluding hydrogens is 861 g/mol. The SMILES string of the molecule is c1cc(-c2ccc(N(c3cccc(-c4cccc5oc6ccccc6c45)c3)c3ccccc3-c3ccc4c(ccc5ccccc54)c3)cc2)cc(-c2ccc(-n3c4ccccc4c4ccccc43)cc2)c1. The molecule has 12 aromatic carbocycles. The van der Waals surface area contributed by atoms with Gasteiger partial charge in [0.1, 0.15) is 11.2 Å². The topological polar surface area (TPSA) is 21.3 Å². The Labute approximate surface area is 411 Å². The molecule has 0 fully saturated rings. The van der Waals surface area contributed by atoms with E-state index in [4.69, 9.17) is 4.42 Å². The molecule has 3 nitrogen and oxygen atoms in total. The Kier molecular flexibility index (Phi) is 9.53. The fourth-order valence-corrected chi connectivity index (χ4v) is 11.0. The fourth-order valence-electron chi connectivity index (χ4n) is 11.0. The Morgan fingerprint density at radius 2 is 0.845 bits per heavy atom. The highest BCUT2D eigenvalue weighted by Crippen LogP contribution is 2.45. The van der Waals surface area contributed by atoms with E-state index in [0.29, 0.717) is 0 Å². The lowest BCUT2D eigenvalue weighted by atomic mass is 9.95. The van der Waals surface area contributed by atoms with Crippen LogP contribution in [0, 0.1) is 0 Å². The van der Waals surface area contributed by atoms with Crippen LogP contribution in [0.1, 0.15) is 0 Å². The van der Waals surface area contributed by atoms with Crippen molar-refractivity contribution < 1.29 is 4.42 Å². The lowest BCUT2D eigenvalue weighted by Crippen LogP contribution is -2.11. The van der Waals surface area contributed by atoms with E-state index >= 15 is 0 Å². The van der Waals surface area contributed by atoms with Gasteiger partial charge in [-0.15, -0.1) is 0 Å². The molecule has 0 aliphatic carbocycles. The normalized spacial score (nSPS) is 11.7. The van der Waals surface area contributed by atoms with Gasteiger partial charge in [-0.3, -0.25) is 0 Å². The third-order valence-electron chi connectivity index (χ3n) is 14.4. The smallest absolute Gasteiger partial charge is 0.136 e. The van der Waals surface area contributed by atoms with Crippen LogP contribution < -0.4 is 4.90 Å². The Balaban J connectivity index is 0.857. The van der Waals surface area contributed by atoms with Crippen molar-refractivity contribution in [3.05, 3.63) is 267 Å². The highest BCUT2D eigenvalue weighted by molar-refractivity contribution is 6.13. The number of furan rings is 1. The molecule has 0 amide bonds. The van der Waals surface area contributed by atoms with Crippen molar-refractivity contribution in [1.29, 1.82) is 0 Å². The maximum Gasteiger partial charge on any atom is 0.136 e. The van der Waals surface area contributed by atoms with E-state index in [1.54, 1.807) is 0 Å². The molecule has 2 aromatic heterocycles. The number of fused-ring (bicyclic) bond motifs is 9. The summed E-state index contributed by atoms with van der Waals surface area (Å²) in [5.41, 5.74) is 17.8. The van der Waals surface area contributed by atoms with Crippen LogP contribution in [0.4, 0.5) is 17.1 Å². The van der Waals surface area contributed by atoms with Gasteiger partial charge in [-0.25, -0.2) is 0 Å². The summed E-state index contributed by atoms with van der Waals surface area (Å²) in [5.74, 6) is 0. The molecule has 0 saturated heterocycles. The Morgan fingerprint density at radius 1 is 0.296 bits per heavy atom. The summed E-state index contributed by atoms with van der Waals surface area (Å²) >= 11 is 0. The van der Waals surface area contributed by atoms with Gasteiger partial charge in [-0.2, -0.15) is 0 Å². The summed E-state index contributed by atoms with van der Waals surface area (Å²) in [6.07, 6.45) is 0. The van der Waals surface area contributed by atoms with Crippen molar-refractivity contribution in [2.24, 2.45) is 0 Å². The summed E-state index contributed by atoms with van der Waals surface area (Å²) in [7, 11) is 0. The van der Waals surface area contributed by atoms with Crippen molar-refractivity contribution in [3.8, 4) is 50.2 Å². The number of aromatic nitrogens is 1. The van der Waals surface area contributed by atoms with Crippen molar-refractivity contribution >= 4 is 82.4 Å². The lowest BCUT2D eigenvalue weighted by molar-refractivity contribution is 0.669. The number of hydrogen-bond donors (Lipinski definition) is 0. The van der Waals surface area contributed by atoms with E-state index in [1.165, 1.54) is 60.0 Å². The van der Waals surface area contributed by atoms with Gasteiger partial charge in [0, 0.05) is 44.2 Å². The van der Waals surface area contributed by atoms with E-state index in [1.807, 2.05) is 6.07 Å². The molecule has 0 atom stereocenters. The highest BCUT2D eigenvalue weighted by atomic mass is 16.3. The molecule has 0 N–H and O–H groups in total. The van der Waals surface area contributed by atoms with Gasteiger partial charge >= 0.3 is 0 Å². The largest absolute Gasteiger partial charge is 0.456 e. The zero-order valence-corrected chi connectivity index (χ0v) is 38.7. The number of para-hydroxylation sites is 4. The molecule has 0 aliphatic heterocycles. The summed E-state index contributed by atoms with van der Waals surface area (Å²) < 4.78 is 8.73. The van der Waals surface area contributed by atoms with Crippen LogP contribution in [0.5, 0.6) is 0 Å². The summed E-state index contributed by atoms with van der Waals surface area (Å²) in [4.78, 5) is 2.41. The third-order valence-corrected chi connectivity index (χ3v) is 14.4. The first-order chi connectivity index (χ1) is 35.2. The Hall–Kier alpha value is -9.44. The number of nitrogens with zero attached hydrogens (tertiary/aromatic N) is 2. The molecule has 0 unspecified atom stereocenters. The molecule has 2 heterocycles. The quantitative estimate of drug-likeness (QED) is 0.142. The molecule has 14 aromatic rings. The van der Waals surface area contributed by atoms with Crippen molar-refractivity contribution in [2.45, 2.75) is 0 Å². The zero-order chi connectivity index (χ0) is 46.8. The van der Waals surface area contributed by atoms with Gasteiger partial charge in [-0.05, 0) is 139 Å². The van der Waals surface area contributed by atoms with Gasteiger partial charge < -0.3 is 13.9 Å². The van der Waals surface area contributed by atoms with E-state index in [0.717, 1.165) is 72.5 Å². The molecule has 0 spiro atoms.